The summed E-state index contributed by atoms with van der Waals surface area (Å²) in [6, 6.07) is 3.67. The van der Waals surface area contributed by atoms with E-state index < -0.39 is 0 Å². The molecule has 2 nitrogen and oxygen atoms in total. The van der Waals surface area contributed by atoms with Gasteiger partial charge < -0.3 is 9.52 Å². The summed E-state index contributed by atoms with van der Waals surface area (Å²) in [6.07, 6.45) is 4.68. The first kappa shape index (κ1) is 7.98. The van der Waals surface area contributed by atoms with Crippen molar-refractivity contribution in [1.82, 2.24) is 0 Å². The van der Waals surface area contributed by atoms with Gasteiger partial charge in [-0.15, -0.1) is 6.58 Å². The normalized spacial score (nSPS) is 7.22. The summed E-state index contributed by atoms with van der Waals surface area (Å²) >= 11 is 0. The zero-order valence-corrected chi connectivity index (χ0v) is 5.16. The molecule has 1 rings (SSSR count). The summed E-state index contributed by atoms with van der Waals surface area (Å²) in [6.45, 7) is 3.31. The van der Waals surface area contributed by atoms with Gasteiger partial charge in [-0.3, -0.25) is 0 Å². The van der Waals surface area contributed by atoms with Crippen molar-refractivity contribution in [3.05, 3.63) is 37.3 Å². The van der Waals surface area contributed by atoms with E-state index in [1.807, 2.05) is 12.1 Å². The van der Waals surface area contributed by atoms with Gasteiger partial charge in [-0.05, 0) is 12.1 Å². The summed E-state index contributed by atoms with van der Waals surface area (Å²) < 4.78 is 4.58. The molecule has 0 amide bonds. The van der Waals surface area contributed by atoms with Crippen LogP contribution in [-0.4, -0.2) is 11.7 Å². The van der Waals surface area contributed by atoms with E-state index in [0.717, 1.165) is 0 Å². The van der Waals surface area contributed by atoms with E-state index in [4.69, 9.17) is 5.11 Å². The Hall–Kier alpha value is -1.02. The Morgan fingerprint density at radius 1 is 1.44 bits per heavy atom. The van der Waals surface area contributed by atoms with Gasteiger partial charge in [-0.1, -0.05) is 6.08 Å². The van der Waals surface area contributed by atoms with Gasteiger partial charge in [-0.2, -0.15) is 0 Å². The van der Waals surface area contributed by atoms with Gasteiger partial charge in [0.2, 0.25) is 0 Å². The molecule has 0 bridgehead atoms. The smallest absolute Gasteiger partial charge is 0.0902 e. The molecule has 0 aliphatic carbocycles. The molecule has 9 heavy (non-hydrogen) atoms. The summed E-state index contributed by atoms with van der Waals surface area (Å²) in [7, 11) is 0. The van der Waals surface area contributed by atoms with Crippen molar-refractivity contribution >= 4 is 0 Å². The van der Waals surface area contributed by atoms with E-state index in [9.17, 15) is 0 Å². The highest BCUT2D eigenvalue weighted by molar-refractivity contribution is 4.79. The van der Waals surface area contributed by atoms with Crippen molar-refractivity contribution in [3.63, 3.8) is 0 Å². The van der Waals surface area contributed by atoms with Crippen LogP contribution in [0.25, 0.3) is 0 Å². The third kappa shape index (κ3) is 6.98. The molecule has 0 saturated carbocycles. The average molecular weight is 126 g/mol. The Labute approximate surface area is 54.4 Å². The fourth-order valence-electron chi connectivity index (χ4n) is 0.227. The van der Waals surface area contributed by atoms with Crippen LogP contribution in [0.1, 0.15) is 0 Å². The minimum atomic E-state index is 0.0833. The Bertz CT molecular complexity index is 104. The number of rotatable bonds is 1. The predicted molar refractivity (Wildman–Crippen MR) is 36.0 cm³/mol. The van der Waals surface area contributed by atoms with E-state index in [1.165, 1.54) is 6.08 Å². The van der Waals surface area contributed by atoms with Gasteiger partial charge in [0.1, 0.15) is 0 Å². The molecule has 0 aromatic carbocycles. The molecular weight excluding hydrogens is 116 g/mol. The Balaban J connectivity index is 0.000000148. The number of hydrogen-bond donors (Lipinski definition) is 1. The number of aliphatic hydroxyl groups excluding tert-OH is 1. The monoisotopic (exact) mass is 126 g/mol. The van der Waals surface area contributed by atoms with Crippen LogP contribution < -0.4 is 0 Å². The molecule has 0 atom stereocenters. The molecule has 0 saturated heterocycles. The molecule has 1 N–H and O–H groups in total. The molecule has 0 aliphatic rings. The van der Waals surface area contributed by atoms with Crippen molar-refractivity contribution in [2.75, 3.05) is 6.61 Å². The maximum Gasteiger partial charge on any atom is 0.0902 e. The maximum atomic E-state index is 7.76. The van der Waals surface area contributed by atoms with Crippen LogP contribution in [0.3, 0.4) is 0 Å². The van der Waals surface area contributed by atoms with Crippen LogP contribution in [0.2, 0.25) is 0 Å². The number of furan rings is 1. The van der Waals surface area contributed by atoms with Gasteiger partial charge in [0, 0.05) is 0 Å². The van der Waals surface area contributed by atoms with E-state index in [1.54, 1.807) is 12.5 Å². The SMILES string of the molecule is C=CCO.c1ccoc1. The van der Waals surface area contributed by atoms with E-state index in [2.05, 4.69) is 11.0 Å². The van der Waals surface area contributed by atoms with Crippen molar-refractivity contribution in [1.29, 1.82) is 0 Å². The lowest BCUT2D eigenvalue weighted by atomic mass is 10.7. The second-order valence-electron chi connectivity index (χ2n) is 1.26. The van der Waals surface area contributed by atoms with Crippen LogP contribution in [0.15, 0.2) is 41.7 Å². The van der Waals surface area contributed by atoms with E-state index in [-0.39, 0.29) is 6.61 Å². The molecule has 0 fully saturated rings. The van der Waals surface area contributed by atoms with Gasteiger partial charge in [-0.25, -0.2) is 0 Å². The summed E-state index contributed by atoms with van der Waals surface area (Å²) in [5.41, 5.74) is 0. The second kappa shape index (κ2) is 6.98. The first-order chi connectivity index (χ1) is 4.41. The highest BCUT2D eigenvalue weighted by atomic mass is 16.3. The second-order valence-corrected chi connectivity index (χ2v) is 1.26. The molecule has 0 radical (unpaired) electrons. The van der Waals surface area contributed by atoms with Gasteiger partial charge in [0.05, 0.1) is 19.1 Å². The Kier molecular flexibility index (Phi) is 6.19. The lowest BCUT2D eigenvalue weighted by Crippen LogP contribution is -1.62. The Morgan fingerprint density at radius 3 is 2.00 bits per heavy atom. The van der Waals surface area contributed by atoms with Crippen molar-refractivity contribution in [3.8, 4) is 0 Å². The summed E-state index contributed by atoms with van der Waals surface area (Å²) in [5, 5.41) is 7.76. The van der Waals surface area contributed by atoms with Gasteiger partial charge >= 0.3 is 0 Å². The van der Waals surface area contributed by atoms with Gasteiger partial charge in [0.15, 0.2) is 0 Å². The van der Waals surface area contributed by atoms with Crippen LogP contribution in [0, 0.1) is 0 Å². The predicted octanol–water partition coefficient (Wildman–Crippen LogP) is 1.44. The average Bonchev–Trinajstić information content (AvgIpc) is 2.43. The molecule has 0 unspecified atom stereocenters. The summed E-state index contributed by atoms with van der Waals surface area (Å²) in [5.74, 6) is 0. The molecule has 50 valence electrons. The quantitative estimate of drug-likeness (QED) is 0.577. The van der Waals surface area contributed by atoms with Crippen molar-refractivity contribution in [2.24, 2.45) is 0 Å². The van der Waals surface area contributed by atoms with Crippen LogP contribution in [0.4, 0.5) is 0 Å². The maximum absolute atomic E-state index is 7.76. The van der Waals surface area contributed by atoms with Crippen molar-refractivity contribution in [2.45, 2.75) is 0 Å². The topological polar surface area (TPSA) is 33.4 Å². The largest absolute Gasteiger partial charge is 0.473 e. The fraction of sp³-hybridized carbons (Fsp3) is 0.143. The molecule has 0 spiro atoms. The summed E-state index contributed by atoms with van der Waals surface area (Å²) in [4.78, 5) is 0. The molecular formula is C7H10O2. The van der Waals surface area contributed by atoms with E-state index in [0.29, 0.717) is 0 Å². The third-order valence-corrected chi connectivity index (χ3v) is 0.554. The van der Waals surface area contributed by atoms with Gasteiger partial charge in [0.25, 0.3) is 0 Å². The first-order valence-electron chi connectivity index (χ1n) is 2.60. The van der Waals surface area contributed by atoms with Crippen LogP contribution >= 0.6 is 0 Å². The minimum absolute atomic E-state index is 0.0833. The highest BCUT2D eigenvalue weighted by Crippen LogP contribution is 1.79. The molecule has 1 aromatic rings. The zero-order chi connectivity index (χ0) is 6.95. The number of hydrogen-bond acceptors (Lipinski definition) is 2. The standard InChI is InChI=1S/C4H4O.C3H6O/c1-2-4-5-3-1;1-2-3-4/h1-4H;2,4H,1,3H2. The van der Waals surface area contributed by atoms with Crippen molar-refractivity contribution < 1.29 is 9.52 Å². The fourth-order valence-corrected chi connectivity index (χ4v) is 0.227. The van der Waals surface area contributed by atoms with Crippen LogP contribution in [-0.2, 0) is 0 Å². The molecule has 2 heteroatoms. The first-order valence-corrected chi connectivity index (χ1v) is 2.60. The third-order valence-electron chi connectivity index (χ3n) is 0.554. The lowest BCUT2D eigenvalue weighted by Gasteiger charge is -1.60. The van der Waals surface area contributed by atoms with Crippen LogP contribution in [0.5, 0.6) is 0 Å². The Morgan fingerprint density at radius 2 is 1.89 bits per heavy atom. The molecule has 0 aliphatic heterocycles. The molecule has 1 aromatic heterocycles. The number of aliphatic hydroxyl groups is 1. The lowest BCUT2D eigenvalue weighted by molar-refractivity contribution is 0.343. The molecule has 1 heterocycles. The minimum Gasteiger partial charge on any atom is -0.473 e. The zero-order valence-electron chi connectivity index (χ0n) is 5.16. The van der Waals surface area contributed by atoms with E-state index >= 15 is 0 Å². The highest BCUT2D eigenvalue weighted by Gasteiger charge is 1.58.